The van der Waals surface area contributed by atoms with Crippen molar-refractivity contribution in [2.45, 2.75) is 32.9 Å². The van der Waals surface area contributed by atoms with Crippen LogP contribution < -0.4 is 5.73 Å². The topological polar surface area (TPSA) is 53.1 Å². The van der Waals surface area contributed by atoms with Crippen molar-refractivity contribution in [2.75, 3.05) is 13.2 Å². The van der Waals surface area contributed by atoms with Crippen LogP contribution in [0.5, 0.6) is 0 Å². The molecule has 2 N–H and O–H groups in total. The molecule has 1 fully saturated rings. The molecule has 1 saturated heterocycles. The number of imidazole rings is 1. The van der Waals surface area contributed by atoms with E-state index in [0.717, 1.165) is 31.9 Å². The molecule has 108 valence electrons. The summed E-state index contributed by atoms with van der Waals surface area (Å²) in [4.78, 5) is 7.03. The molecule has 20 heavy (non-hydrogen) atoms. The SMILES string of the molecule is Cc1cc(Cn2cncc2C(N)C2CCOC2)sc1C. The summed E-state index contributed by atoms with van der Waals surface area (Å²) in [6, 6.07) is 2.27. The average molecular weight is 291 g/mol. The van der Waals surface area contributed by atoms with Crippen molar-refractivity contribution in [3.05, 3.63) is 39.6 Å². The molecule has 2 atom stereocenters. The second-order valence-electron chi connectivity index (χ2n) is 5.55. The molecule has 0 spiro atoms. The quantitative estimate of drug-likeness (QED) is 0.942. The third-order valence-corrected chi connectivity index (χ3v) is 5.24. The van der Waals surface area contributed by atoms with E-state index in [1.165, 1.54) is 15.3 Å². The molecular formula is C15H21N3OS. The number of ether oxygens (including phenoxy) is 1. The molecule has 4 nitrogen and oxygen atoms in total. The summed E-state index contributed by atoms with van der Waals surface area (Å²) in [5.74, 6) is 0.414. The summed E-state index contributed by atoms with van der Waals surface area (Å²) >= 11 is 1.85. The minimum Gasteiger partial charge on any atom is -0.381 e. The first-order valence-electron chi connectivity index (χ1n) is 7.04. The number of thiophene rings is 1. The first-order valence-corrected chi connectivity index (χ1v) is 7.86. The van der Waals surface area contributed by atoms with Crippen LogP contribution in [0.25, 0.3) is 0 Å². The Kier molecular flexibility index (Phi) is 3.92. The molecule has 0 amide bonds. The number of nitrogens with zero attached hydrogens (tertiary/aromatic N) is 2. The normalized spacial score (nSPS) is 20.4. The van der Waals surface area contributed by atoms with Gasteiger partial charge in [-0.1, -0.05) is 0 Å². The van der Waals surface area contributed by atoms with Gasteiger partial charge in [0.25, 0.3) is 0 Å². The Balaban J connectivity index is 1.79. The van der Waals surface area contributed by atoms with Crippen LogP contribution in [-0.2, 0) is 11.3 Å². The van der Waals surface area contributed by atoms with Crippen LogP contribution in [0.15, 0.2) is 18.6 Å². The smallest absolute Gasteiger partial charge is 0.0952 e. The highest BCUT2D eigenvalue weighted by molar-refractivity contribution is 7.12. The van der Waals surface area contributed by atoms with Crippen molar-refractivity contribution < 1.29 is 4.74 Å². The molecular weight excluding hydrogens is 270 g/mol. The van der Waals surface area contributed by atoms with E-state index in [9.17, 15) is 0 Å². The number of nitrogens with two attached hydrogens (primary N) is 1. The minimum absolute atomic E-state index is 0.0159. The highest BCUT2D eigenvalue weighted by Gasteiger charge is 2.26. The highest BCUT2D eigenvalue weighted by atomic mass is 32.1. The first-order chi connectivity index (χ1) is 9.65. The van der Waals surface area contributed by atoms with Crippen LogP contribution in [0.4, 0.5) is 0 Å². The van der Waals surface area contributed by atoms with Crippen molar-refractivity contribution in [3.63, 3.8) is 0 Å². The van der Waals surface area contributed by atoms with Crippen molar-refractivity contribution >= 4 is 11.3 Å². The summed E-state index contributed by atoms with van der Waals surface area (Å²) in [5.41, 5.74) is 8.87. The van der Waals surface area contributed by atoms with E-state index in [-0.39, 0.29) is 6.04 Å². The number of hydrogen-bond acceptors (Lipinski definition) is 4. The molecule has 0 aliphatic carbocycles. The molecule has 2 unspecified atom stereocenters. The van der Waals surface area contributed by atoms with E-state index in [2.05, 4.69) is 29.5 Å². The number of hydrogen-bond donors (Lipinski definition) is 1. The van der Waals surface area contributed by atoms with Gasteiger partial charge in [-0.15, -0.1) is 11.3 Å². The van der Waals surface area contributed by atoms with Gasteiger partial charge in [0.2, 0.25) is 0 Å². The molecule has 5 heteroatoms. The van der Waals surface area contributed by atoms with Crippen LogP contribution in [0.3, 0.4) is 0 Å². The zero-order chi connectivity index (χ0) is 14.1. The fourth-order valence-electron chi connectivity index (χ4n) is 2.71. The minimum atomic E-state index is 0.0159. The lowest BCUT2D eigenvalue weighted by Crippen LogP contribution is -2.24. The second kappa shape index (κ2) is 5.68. The molecule has 3 rings (SSSR count). The van der Waals surface area contributed by atoms with Crippen LogP contribution in [-0.4, -0.2) is 22.8 Å². The van der Waals surface area contributed by atoms with E-state index in [1.807, 2.05) is 23.9 Å². The van der Waals surface area contributed by atoms with Gasteiger partial charge in [-0.2, -0.15) is 0 Å². The zero-order valence-corrected chi connectivity index (χ0v) is 12.8. The van der Waals surface area contributed by atoms with Gasteiger partial charge in [-0.25, -0.2) is 4.98 Å². The first kappa shape index (κ1) is 13.8. The molecule has 0 bridgehead atoms. The lowest BCUT2D eigenvalue weighted by molar-refractivity contribution is 0.180. The van der Waals surface area contributed by atoms with Crippen LogP contribution in [0.1, 0.15) is 33.5 Å². The largest absolute Gasteiger partial charge is 0.381 e. The maximum absolute atomic E-state index is 6.40. The van der Waals surface area contributed by atoms with Gasteiger partial charge < -0.3 is 15.0 Å². The van der Waals surface area contributed by atoms with Crippen LogP contribution in [0.2, 0.25) is 0 Å². The molecule has 2 aromatic heterocycles. The Bertz CT molecular complexity index is 564. The van der Waals surface area contributed by atoms with E-state index in [0.29, 0.717) is 5.92 Å². The van der Waals surface area contributed by atoms with E-state index < -0.39 is 0 Å². The fourth-order valence-corrected chi connectivity index (χ4v) is 3.77. The standard InChI is InChI=1S/C15H21N3OS/c1-10-5-13(20-11(10)2)7-18-9-17-6-14(18)15(16)12-3-4-19-8-12/h5-6,9,12,15H,3-4,7-8,16H2,1-2H3. The molecule has 0 saturated carbocycles. The van der Waals surface area contributed by atoms with Gasteiger partial charge in [-0.05, 0) is 31.9 Å². The molecule has 3 heterocycles. The monoisotopic (exact) mass is 291 g/mol. The van der Waals surface area contributed by atoms with E-state index >= 15 is 0 Å². The van der Waals surface area contributed by atoms with Gasteiger partial charge in [-0.3, -0.25) is 0 Å². The Morgan fingerprint density at radius 1 is 1.55 bits per heavy atom. The van der Waals surface area contributed by atoms with E-state index in [4.69, 9.17) is 10.5 Å². The summed E-state index contributed by atoms with van der Waals surface area (Å²) in [7, 11) is 0. The average Bonchev–Trinajstić information content (AvgIpc) is 3.13. The number of aryl methyl sites for hydroxylation is 2. The summed E-state index contributed by atoms with van der Waals surface area (Å²) in [5, 5.41) is 0. The molecule has 2 aromatic rings. The third-order valence-electron chi connectivity index (χ3n) is 4.10. The van der Waals surface area contributed by atoms with Gasteiger partial charge in [0.05, 0.1) is 31.2 Å². The van der Waals surface area contributed by atoms with Gasteiger partial charge >= 0.3 is 0 Å². The van der Waals surface area contributed by atoms with E-state index in [1.54, 1.807) is 0 Å². The highest BCUT2D eigenvalue weighted by Crippen LogP contribution is 2.28. The van der Waals surface area contributed by atoms with Gasteiger partial charge in [0, 0.05) is 28.5 Å². The van der Waals surface area contributed by atoms with Crippen LogP contribution in [0, 0.1) is 19.8 Å². The summed E-state index contributed by atoms with van der Waals surface area (Å²) < 4.78 is 7.62. The van der Waals surface area contributed by atoms with Crippen molar-refractivity contribution in [2.24, 2.45) is 11.7 Å². The Hall–Kier alpha value is -1.17. The Morgan fingerprint density at radius 2 is 2.40 bits per heavy atom. The molecule has 1 aliphatic heterocycles. The fraction of sp³-hybridized carbons (Fsp3) is 0.533. The Morgan fingerprint density at radius 3 is 3.05 bits per heavy atom. The van der Waals surface area contributed by atoms with Gasteiger partial charge in [0.1, 0.15) is 0 Å². The number of aromatic nitrogens is 2. The Labute approximate surface area is 123 Å². The predicted molar refractivity (Wildman–Crippen MR) is 81.0 cm³/mol. The predicted octanol–water partition coefficient (Wildman–Crippen LogP) is 2.65. The van der Waals surface area contributed by atoms with Gasteiger partial charge in [0.15, 0.2) is 0 Å². The maximum Gasteiger partial charge on any atom is 0.0952 e. The van der Waals surface area contributed by atoms with Crippen molar-refractivity contribution in [1.82, 2.24) is 9.55 Å². The third kappa shape index (κ3) is 2.66. The maximum atomic E-state index is 6.40. The van der Waals surface area contributed by atoms with Crippen molar-refractivity contribution in [3.8, 4) is 0 Å². The summed E-state index contributed by atoms with van der Waals surface area (Å²) in [6.07, 6.45) is 4.83. The molecule has 0 radical (unpaired) electrons. The lowest BCUT2D eigenvalue weighted by atomic mass is 9.97. The second-order valence-corrected chi connectivity index (χ2v) is 6.89. The lowest BCUT2D eigenvalue weighted by Gasteiger charge is -2.19. The molecule has 1 aliphatic rings. The number of rotatable bonds is 4. The zero-order valence-electron chi connectivity index (χ0n) is 12.0. The summed E-state index contributed by atoms with van der Waals surface area (Å²) in [6.45, 7) is 6.78. The van der Waals surface area contributed by atoms with Crippen LogP contribution >= 0.6 is 11.3 Å². The van der Waals surface area contributed by atoms with Crippen molar-refractivity contribution in [1.29, 1.82) is 0 Å². The molecule has 0 aromatic carbocycles.